The minimum Gasteiger partial charge on any atom is -0.479 e. The highest BCUT2D eigenvalue weighted by molar-refractivity contribution is 5.82. The van der Waals surface area contributed by atoms with Crippen LogP contribution in [0.25, 0.3) is 0 Å². The van der Waals surface area contributed by atoms with Crippen molar-refractivity contribution < 1.29 is 19.4 Å². The van der Waals surface area contributed by atoms with E-state index in [2.05, 4.69) is 4.99 Å². The maximum Gasteiger partial charge on any atom is 0.336 e. The molecule has 13 heavy (non-hydrogen) atoms. The molecule has 0 aromatic carbocycles. The van der Waals surface area contributed by atoms with Gasteiger partial charge in [-0.2, -0.15) is 0 Å². The molecule has 1 heterocycles. The van der Waals surface area contributed by atoms with E-state index in [4.69, 9.17) is 26.0 Å². The van der Waals surface area contributed by atoms with Gasteiger partial charge in [-0.05, 0) is 0 Å². The molecule has 0 saturated carbocycles. The van der Waals surface area contributed by atoms with E-state index in [1.54, 1.807) is 0 Å². The number of carbonyl (C=O) groups is 1. The minimum absolute atomic E-state index is 0.327. The van der Waals surface area contributed by atoms with Gasteiger partial charge in [0, 0.05) is 0 Å². The van der Waals surface area contributed by atoms with Crippen LogP contribution in [0.1, 0.15) is 0 Å². The van der Waals surface area contributed by atoms with Crippen LogP contribution < -0.4 is 11.5 Å². The Labute approximate surface area is 73.6 Å². The number of nitrogens with two attached hydrogens (primary N) is 2. The second-order valence-corrected chi connectivity index (χ2v) is 2.25. The third-order valence-corrected chi connectivity index (χ3v) is 1.28. The van der Waals surface area contributed by atoms with Crippen LogP contribution in [0.15, 0.2) is 17.5 Å². The zero-order valence-electron chi connectivity index (χ0n) is 6.58. The van der Waals surface area contributed by atoms with Crippen molar-refractivity contribution in [3.8, 4) is 0 Å². The van der Waals surface area contributed by atoms with Gasteiger partial charge < -0.3 is 26.0 Å². The molecule has 7 nitrogen and oxygen atoms in total. The van der Waals surface area contributed by atoms with E-state index in [1.807, 2.05) is 0 Å². The maximum atomic E-state index is 10.6. The van der Waals surface area contributed by atoms with Crippen LogP contribution in [0, 0.1) is 0 Å². The molecule has 1 aliphatic rings. The third-order valence-electron chi connectivity index (χ3n) is 1.28. The molecule has 7 heteroatoms. The van der Waals surface area contributed by atoms with Crippen LogP contribution in [0.3, 0.4) is 0 Å². The highest BCUT2D eigenvalue weighted by Crippen LogP contribution is 2.12. The standard InChI is InChI=1S/C6H9N3O4/c7-6(8)9-3(4(10)11)5-12-1-2-13-5/h1-3,5H,(H,10,11)(H4,7,8,9). The van der Waals surface area contributed by atoms with Crippen LogP contribution >= 0.6 is 0 Å². The lowest BCUT2D eigenvalue weighted by Gasteiger charge is -2.14. The Balaban J connectivity index is 2.68. The van der Waals surface area contributed by atoms with Crippen molar-refractivity contribution in [1.82, 2.24) is 0 Å². The fraction of sp³-hybridized carbons (Fsp3) is 0.333. The number of carboxylic acids is 1. The van der Waals surface area contributed by atoms with Gasteiger partial charge in [-0.3, -0.25) is 0 Å². The average Bonchev–Trinajstić information content (AvgIpc) is 2.50. The number of hydrogen-bond acceptors (Lipinski definition) is 4. The predicted octanol–water partition coefficient (Wildman–Crippen LogP) is -1.44. The zero-order valence-corrected chi connectivity index (χ0v) is 6.58. The van der Waals surface area contributed by atoms with E-state index >= 15 is 0 Å². The van der Waals surface area contributed by atoms with Crippen molar-refractivity contribution in [2.45, 2.75) is 12.3 Å². The van der Waals surface area contributed by atoms with E-state index in [0.717, 1.165) is 0 Å². The van der Waals surface area contributed by atoms with Crippen molar-refractivity contribution in [2.24, 2.45) is 16.5 Å². The fourth-order valence-electron chi connectivity index (χ4n) is 0.793. The Bertz CT molecular complexity index is 251. The summed E-state index contributed by atoms with van der Waals surface area (Å²) in [5.74, 6) is -1.55. The molecular formula is C6H9N3O4. The average molecular weight is 187 g/mol. The number of guanidine groups is 1. The molecular weight excluding hydrogens is 178 g/mol. The van der Waals surface area contributed by atoms with Crippen molar-refractivity contribution >= 4 is 11.9 Å². The summed E-state index contributed by atoms with van der Waals surface area (Å²) in [5, 5.41) is 8.68. The largest absolute Gasteiger partial charge is 0.479 e. The van der Waals surface area contributed by atoms with Crippen molar-refractivity contribution in [3.63, 3.8) is 0 Å². The first kappa shape index (κ1) is 9.17. The van der Waals surface area contributed by atoms with E-state index < -0.39 is 18.3 Å². The molecule has 0 fully saturated rings. The lowest BCUT2D eigenvalue weighted by Crippen LogP contribution is -2.37. The highest BCUT2D eigenvalue weighted by atomic mass is 16.7. The highest BCUT2D eigenvalue weighted by Gasteiger charge is 2.32. The van der Waals surface area contributed by atoms with Gasteiger partial charge in [0.1, 0.15) is 12.5 Å². The summed E-state index contributed by atoms with van der Waals surface area (Å²) in [7, 11) is 0. The first-order valence-corrected chi connectivity index (χ1v) is 3.39. The predicted molar refractivity (Wildman–Crippen MR) is 42.3 cm³/mol. The Kier molecular flexibility index (Phi) is 2.58. The number of rotatable bonds is 3. The lowest BCUT2D eigenvalue weighted by molar-refractivity contribution is -0.147. The number of ether oxygens (including phenoxy) is 2. The van der Waals surface area contributed by atoms with Crippen LogP contribution in [-0.4, -0.2) is 29.4 Å². The van der Waals surface area contributed by atoms with E-state index in [-0.39, 0.29) is 5.96 Å². The smallest absolute Gasteiger partial charge is 0.336 e. The number of hydrogen-bond donors (Lipinski definition) is 3. The zero-order chi connectivity index (χ0) is 9.84. The Morgan fingerprint density at radius 1 is 1.46 bits per heavy atom. The minimum atomic E-state index is -1.25. The summed E-state index contributed by atoms with van der Waals surface area (Å²) in [4.78, 5) is 14.1. The number of nitrogens with zero attached hydrogens (tertiary/aromatic N) is 1. The summed E-state index contributed by atoms with van der Waals surface area (Å²) in [6.07, 6.45) is 1.45. The van der Waals surface area contributed by atoms with Crippen LogP contribution in [0.2, 0.25) is 0 Å². The Hall–Kier alpha value is -1.92. The quantitative estimate of drug-likeness (QED) is 0.367. The molecule has 0 bridgehead atoms. The summed E-state index contributed by atoms with van der Waals surface area (Å²) in [6, 6.07) is -1.25. The van der Waals surface area contributed by atoms with Gasteiger partial charge in [-0.1, -0.05) is 0 Å². The van der Waals surface area contributed by atoms with Crippen molar-refractivity contribution in [3.05, 3.63) is 12.5 Å². The van der Waals surface area contributed by atoms with Gasteiger partial charge in [-0.25, -0.2) is 9.79 Å². The molecule has 1 atom stereocenters. The molecule has 5 N–H and O–H groups in total. The monoisotopic (exact) mass is 187 g/mol. The number of aliphatic carboxylic acids is 1. The molecule has 72 valence electrons. The third kappa shape index (κ3) is 2.26. The van der Waals surface area contributed by atoms with Gasteiger partial charge in [0.05, 0.1) is 0 Å². The first-order valence-electron chi connectivity index (χ1n) is 3.39. The maximum absolute atomic E-state index is 10.6. The van der Waals surface area contributed by atoms with Crippen molar-refractivity contribution in [1.29, 1.82) is 0 Å². The molecule has 0 aromatic heterocycles. The van der Waals surface area contributed by atoms with Gasteiger partial charge in [-0.15, -0.1) is 0 Å². The molecule has 0 saturated heterocycles. The molecule has 1 aliphatic heterocycles. The lowest BCUT2D eigenvalue weighted by atomic mass is 10.3. The Morgan fingerprint density at radius 3 is 2.38 bits per heavy atom. The van der Waals surface area contributed by atoms with E-state index in [0.29, 0.717) is 0 Å². The topological polar surface area (TPSA) is 120 Å². The molecule has 0 spiro atoms. The van der Waals surface area contributed by atoms with Gasteiger partial charge >= 0.3 is 5.97 Å². The molecule has 0 amide bonds. The summed E-state index contributed by atoms with van der Waals surface area (Å²) < 4.78 is 9.55. The molecule has 1 rings (SSSR count). The summed E-state index contributed by atoms with van der Waals surface area (Å²) >= 11 is 0. The van der Waals surface area contributed by atoms with Crippen LogP contribution in [0.5, 0.6) is 0 Å². The van der Waals surface area contributed by atoms with E-state index in [1.165, 1.54) is 12.5 Å². The summed E-state index contributed by atoms with van der Waals surface area (Å²) in [6.45, 7) is 0. The number of carboxylic acid groups (broad SMARTS) is 1. The van der Waals surface area contributed by atoms with Gasteiger partial charge in [0.25, 0.3) is 6.29 Å². The van der Waals surface area contributed by atoms with E-state index in [9.17, 15) is 4.79 Å². The second-order valence-electron chi connectivity index (χ2n) is 2.25. The molecule has 0 radical (unpaired) electrons. The Morgan fingerprint density at radius 2 is 2.00 bits per heavy atom. The molecule has 1 unspecified atom stereocenters. The molecule has 0 aromatic rings. The number of aliphatic imine (C=N–C) groups is 1. The molecule has 0 aliphatic carbocycles. The van der Waals surface area contributed by atoms with Crippen LogP contribution in [-0.2, 0) is 14.3 Å². The second kappa shape index (κ2) is 3.65. The first-order chi connectivity index (χ1) is 6.11. The van der Waals surface area contributed by atoms with Crippen molar-refractivity contribution in [2.75, 3.05) is 0 Å². The normalized spacial score (nSPS) is 17.2. The summed E-state index contributed by atoms with van der Waals surface area (Å²) in [5.41, 5.74) is 10.1. The van der Waals surface area contributed by atoms with Crippen LogP contribution in [0.4, 0.5) is 0 Å². The van der Waals surface area contributed by atoms with Gasteiger partial charge in [0.15, 0.2) is 5.96 Å². The fourth-order valence-corrected chi connectivity index (χ4v) is 0.793. The SMILES string of the molecule is NC(N)=NC(C(=O)O)C1OC=CO1. The van der Waals surface area contributed by atoms with Gasteiger partial charge in [0.2, 0.25) is 6.04 Å².